The summed E-state index contributed by atoms with van der Waals surface area (Å²) in [6.45, 7) is 1.28. The van der Waals surface area contributed by atoms with Gasteiger partial charge in [-0.25, -0.2) is 0 Å². The molecule has 0 aromatic heterocycles. The molecule has 1 fully saturated rings. The molecule has 1 aliphatic heterocycles. The number of amides is 2. The van der Waals surface area contributed by atoms with E-state index in [1.54, 1.807) is 18.2 Å². The van der Waals surface area contributed by atoms with Crippen LogP contribution >= 0.6 is 0 Å². The van der Waals surface area contributed by atoms with E-state index in [1.165, 1.54) is 4.90 Å². The zero-order valence-corrected chi connectivity index (χ0v) is 10.5. The lowest BCUT2D eigenvalue weighted by atomic mass is 10.1. The lowest BCUT2D eigenvalue weighted by molar-refractivity contribution is -0.127. The Labute approximate surface area is 111 Å². The van der Waals surface area contributed by atoms with Crippen molar-refractivity contribution in [2.75, 3.05) is 19.8 Å². The molecule has 0 spiro atoms. The summed E-state index contributed by atoms with van der Waals surface area (Å²) in [4.78, 5) is 25.2. The Morgan fingerprint density at radius 2 is 2.21 bits per heavy atom. The maximum Gasteiger partial charge on any atom is 0.254 e. The smallest absolute Gasteiger partial charge is 0.254 e. The van der Waals surface area contributed by atoms with Crippen molar-refractivity contribution in [2.45, 2.75) is 12.6 Å². The van der Waals surface area contributed by atoms with Gasteiger partial charge < -0.3 is 21.1 Å². The molecule has 102 valence electrons. The molecular formula is C13H17N3O3. The van der Waals surface area contributed by atoms with Crippen molar-refractivity contribution >= 4 is 11.8 Å². The van der Waals surface area contributed by atoms with Crippen LogP contribution in [0.15, 0.2) is 24.3 Å². The van der Waals surface area contributed by atoms with Gasteiger partial charge in [-0.15, -0.1) is 0 Å². The van der Waals surface area contributed by atoms with Gasteiger partial charge in [0.1, 0.15) is 6.04 Å². The van der Waals surface area contributed by atoms with Crippen LogP contribution in [-0.4, -0.2) is 42.5 Å². The van der Waals surface area contributed by atoms with Crippen molar-refractivity contribution in [1.29, 1.82) is 0 Å². The molecule has 2 rings (SSSR count). The monoisotopic (exact) mass is 263 g/mol. The Kier molecular flexibility index (Phi) is 4.13. The van der Waals surface area contributed by atoms with Gasteiger partial charge in [-0.3, -0.25) is 9.59 Å². The van der Waals surface area contributed by atoms with Crippen LogP contribution in [0.1, 0.15) is 15.9 Å². The van der Waals surface area contributed by atoms with Gasteiger partial charge in [-0.2, -0.15) is 0 Å². The predicted molar refractivity (Wildman–Crippen MR) is 69.2 cm³/mol. The number of carbonyl (C=O) groups is 2. The first-order valence-corrected chi connectivity index (χ1v) is 6.10. The summed E-state index contributed by atoms with van der Waals surface area (Å²) >= 11 is 0. The zero-order valence-electron chi connectivity index (χ0n) is 10.5. The van der Waals surface area contributed by atoms with E-state index in [9.17, 15) is 9.59 Å². The quantitative estimate of drug-likeness (QED) is 0.766. The van der Waals surface area contributed by atoms with E-state index in [1.807, 2.05) is 6.07 Å². The highest BCUT2D eigenvalue weighted by molar-refractivity contribution is 5.97. The van der Waals surface area contributed by atoms with Gasteiger partial charge >= 0.3 is 0 Å². The number of nitrogens with zero attached hydrogens (tertiary/aromatic N) is 1. The van der Waals surface area contributed by atoms with Crippen LogP contribution in [0.2, 0.25) is 0 Å². The number of hydrogen-bond acceptors (Lipinski definition) is 4. The maximum absolute atomic E-state index is 12.4. The fourth-order valence-electron chi connectivity index (χ4n) is 2.08. The molecule has 1 saturated heterocycles. The molecule has 1 heterocycles. The van der Waals surface area contributed by atoms with E-state index in [0.29, 0.717) is 25.3 Å². The van der Waals surface area contributed by atoms with Gasteiger partial charge in [0.15, 0.2) is 0 Å². The molecule has 1 aromatic carbocycles. The normalized spacial score (nSPS) is 19.2. The largest absolute Gasteiger partial charge is 0.377 e. The van der Waals surface area contributed by atoms with E-state index in [-0.39, 0.29) is 12.5 Å². The highest BCUT2D eigenvalue weighted by Crippen LogP contribution is 2.13. The van der Waals surface area contributed by atoms with Crippen molar-refractivity contribution in [2.24, 2.45) is 11.5 Å². The molecule has 0 radical (unpaired) electrons. The number of primary amides is 1. The van der Waals surface area contributed by atoms with Gasteiger partial charge in [0, 0.05) is 18.7 Å². The lowest BCUT2D eigenvalue weighted by Crippen LogP contribution is -2.54. The molecule has 1 unspecified atom stereocenters. The topological polar surface area (TPSA) is 98.7 Å². The molecule has 6 nitrogen and oxygen atoms in total. The summed E-state index contributed by atoms with van der Waals surface area (Å²) in [6.07, 6.45) is 0. The highest BCUT2D eigenvalue weighted by atomic mass is 16.5. The number of rotatable bonds is 3. The van der Waals surface area contributed by atoms with Crippen molar-refractivity contribution < 1.29 is 14.3 Å². The van der Waals surface area contributed by atoms with Crippen LogP contribution in [0.5, 0.6) is 0 Å². The third-order valence-electron chi connectivity index (χ3n) is 3.13. The second kappa shape index (κ2) is 5.81. The highest BCUT2D eigenvalue weighted by Gasteiger charge is 2.31. The minimum absolute atomic E-state index is 0.150. The second-order valence-electron chi connectivity index (χ2n) is 4.40. The Hall–Kier alpha value is -1.92. The number of ether oxygens (including phenoxy) is 1. The van der Waals surface area contributed by atoms with Crippen molar-refractivity contribution in [3.8, 4) is 0 Å². The Bertz CT molecular complexity index is 490. The summed E-state index contributed by atoms with van der Waals surface area (Å²) in [5, 5.41) is 0. The lowest BCUT2D eigenvalue weighted by Gasteiger charge is -2.33. The van der Waals surface area contributed by atoms with Gasteiger partial charge in [-0.05, 0) is 17.7 Å². The number of benzene rings is 1. The molecule has 1 atom stereocenters. The van der Waals surface area contributed by atoms with Crippen LogP contribution in [0.25, 0.3) is 0 Å². The molecule has 4 N–H and O–H groups in total. The molecule has 1 aromatic rings. The molecular weight excluding hydrogens is 246 g/mol. The summed E-state index contributed by atoms with van der Waals surface area (Å²) in [5.41, 5.74) is 12.2. The summed E-state index contributed by atoms with van der Waals surface area (Å²) < 4.78 is 5.19. The number of morpholine rings is 1. The average Bonchev–Trinajstić information content (AvgIpc) is 2.46. The van der Waals surface area contributed by atoms with Gasteiger partial charge in [0.2, 0.25) is 5.91 Å². The van der Waals surface area contributed by atoms with Crippen LogP contribution in [0.4, 0.5) is 0 Å². The minimum Gasteiger partial charge on any atom is -0.377 e. The third-order valence-corrected chi connectivity index (χ3v) is 3.13. The van der Waals surface area contributed by atoms with Crippen molar-refractivity contribution in [1.82, 2.24) is 4.90 Å². The molecule has 6 heteroatoms. The van der Waals surface area contributed by atoms with Gasteiger partial charge in [-0.1, -0.05) is 12.1 Å². The fraction of sp³-hybridized carbons (Fsp3) is 0.385. The average molecular weight is 263 g/mol. The number of nitrogens with two attached hydrogens (primary N) is 2. The van der Waals surface area contributed by atoms with E-state index in [2.05, 4.69) is 0 Å². The molecule has 19 heavy (non-hydrogen) atoms. The SMILES string of the molecule is NCc1cccc(C(=O)N2CCOCC2C(N)=O)c1. The molecule has 1 aliphatic rings. The molecule has 0 bridgehead atoms. The van der Waals surface area contributed by atoms with Crippen LogP contribution < -0.4 is 11.5 Å². The first-order chi connectivity index (χ1) is 9.13. The maximum atomic E-state index is 12.4. The Morgan fingerprint density at radius 1 is 1.42 bits per heavy atom. The summed E-state index contributed by atoms with van der Waals surface area (Å²) in [7, 11) is 0. The van der Waals surface area contributed by atoms with E-state index in [0.717, 1.165) is 5.56 Å². The van der Waals surface area contributed by atoms with E-state index in [4.69, 9.17) is 16.2 Å². The number of hydrogen-bond donors (Lipinski definition) is 2. The van der Waals surface area contributed by atoms with Crippen LogP contribution in [0.3, 0.4) is 0 Å². The zero-order chi connectivity index (χ0) is 13.8. The standard InChI is InChI=1S/C13H17N3O3/c14-7-9-2-1-3-10(6-9)13(18)16-4-5-19-8-11(16)12(15)17/h1-3,6,11H,4-5,7-8,14H2,(H2,15,17). The first-order valence-electron chi connectivity index (χ1n) is 6.10. The van der Waals surface area contributed by atoms with Crippen molar-refractivity contribution in [3.63, 3.8) is 0 Å². The van der Waals surface area contributed by atoms with E-state index >= 15 is 0 Å². The summed E-state index contributed by atoms with van der Waals surface area (Å²) in [5.74, 6) is -0.773. The van der Waals surface area contributed by atoms with E-state index < -0.39 is 11.9 Å². The minimum atomic E-state index is -0.706. The molecule has 0 saturated carbocycles. The van der Waals surface area contributed by atoms with Crippen LogP contribution in [0, 0.1) is 0 Å². The first kappa shape index (κ1) is 13.5. The predicted octanol–water partition coefficient (Wildman–Crippen LogP) is -0.528. The molecule has 0 aliphatic carbocycles. The third kappa shape index (κ3) is 2.91. The Morgan fingerprint density at radius 3 is 2.89 bits per heavy atom. The molecule has 2 amide bonds. The van der Waals surface area contributed by atoms with Gasteiger partial charge in [0.25, 0.3) is 5.91 Å². The van der Waals surface area contributed by atoms with Crippen molar-refractivity contribution in [3.05, 3.63) is 35.4 Å². The summed E-state index contributed by atoms with van der Waals surface area (Å²) in [6, 6.07) is 6.35. The Balaban J connectivity index is 2.23. The van der Waals surface area contributed by atoms with Gasteiger partial charge in [0.05, 0.1) is 13.2 Å². The second-order valence-corrected chi connectivity index (χ2v) is 4.40. The fourth-order valence-corrected chi connectivity index (χ4v) is 2.08. The van der Waals surface area contributed by atoms with Crippen LogP contribution in [-0.2, 0) is 16.1 Å². The number of carbonyl (C=O) groups excluding carboxylic acids is 2.